The predicted octanol–water partition coefficient (Wildman–Crippen LogP) is 1.87. The van der Waals surface area contributed by atoms with E-state index in [1.165, 1.54) is 5.56 Å². The fourth-order valence-corrected chi connectivity index (χ4v) is 1.31. The molecule has 0 saturated heterocycles. The van der Waals surface area contributed by atoms with Gasteiger partial charge in [0, 0.05) is 18.2 Å². The normalized spacial score (nSPS) is 10.4. The van der Waals surface area contributed by atoms with Gasteiger partial charge in [-0.2, -0.15) is 0 Å². The van der Waals surface area contributed by atoms with Crippen LogP contribution in [0.25, 0.3) is 0 Å². The van der Waals surface area contributed by atoms with Crippen LogP contribution < -0.4 is 0 Å². The van der Waals surface area contributed by atoms with Crippen molar-refractivity contribution in [2.24, 2.45) is 0 Å². The largest absolute Gasteiger partial charge is 0.384 e. The molecule has 1 aromatic carbocycles. The van der Waals surface area contributed by atoms with Crippen molar-refractivity contribution in [3.8, 4) is 11.8 Å². The molecule has 0 radical (unpaired) electrons. The lowest BCUT2D eigenvalue weighted by molar-refractivity contribution is 0.266. The van der Waals surface area contributed by atoms with Gasteiger partial charge >= 0.3 is 0 Å². The number of hydrogen-bond donors (Lipinski definition) is 1. The number of nitrogens with zero attached hydrogens (tertiary/aromatic N) is 1. The third-order valence-electron chi connectivity index (χ3n) is 2.58. The molecule has 0 aliphatic rings. The van der Waals surface area contributed by atoms with E-state index in [0.717, 1.165) is 12.1 Å². The lowest BCUT2D eigenvalue weighted by Crippen LogP contribution is -2.25. The smallest absolute Gasteiger partial charge is 0.104 e. The molecular formula is C14H19NO. The highest BCUT2D eigenvalue weighted by molar-refractivity contribution is 5.36. The Hall–Kier alpha value is -1.30. The molecule has 86 valence electrons. The summed E-state index contributed by atoms with van der Waals surface area (Å²) in [6, 6.07) is 8.70. The van der Waals surface area contributed by atoms with Gasteiger partial charge < -0.3 is 5.11 Å². The molecular weight excluding hydrogens is 198 g/mol. The molecule has 0 aliphatic heterocycles. The average Bonchev–Trinajstić information content (AvgIpc) is 2.28. The van der Waals surface area contributed by atoms with E-state index in [2.05, 4.69) is 49.8 Å². The van der Waals surface area contributed by atoms with Crippen molar-refractivity contribution in [3.63, 3.8) is 0 Å². The third kappa shape index (κ3) is 4.06. The topological polar surface area (TPSA) is 23.5 Å². The maximum absolute atomic E-state index is 8.58. The number of aliphatic hydroxyl groups excluding tert-OH is 1. The van der Waals surface area contributed by atoms with E-state index in [1.54, 1.807) is 0 Å². The second kappa shape index (κ2) is 6.32. The first kappa shape index (κ1) is 12.8. The lowest BCUT2D eigenvalue weighted by Gasteiger charge is -2.20. The predicted molar refractivity (Wildman–Crippen MR) is 67.0 cm³/mol. The SMILES string of the molecule is CC(C)N(C)Cc1ccc(C#CCO)cc1. The molecule has 0 heterocycles. The Morgan fingerprint density at radius 3 is 2.38 bits per heavy atom. The molecule has 0 amide bonds. The molecule has 1 rings (SSSR count). The quantitative estimate of drug-likeness (QED) is 0.781. The minimum atomic E-state index is -0.0855. The lowest BCUT2D eigenvalue weighted by atomic mass is 10.1. The summed E-state index contributed by atoms with van der Waals surface area (Å²) in [5.74, 6) is 5.52. The molecule has 0 aliphatic carbocycles. The summed E-state index contributed by atoms with van der Waals surface area (Å²) < 4.78 is 0. The molecule has 0 unspecified atom stereocenters. The van der Waals surface area contributed by atoms with Crippen molar-refractivity contribution in [3.05, 3.63) is 35.4 Å². The summed E-state index contributed by atoms with van der Waals surface area (Å²) in [6.45, 7) is 5.23. The Labute approximate surface area is 97.9 Å². The maximum atomic E-state index is 8.58. The number of hydrogen-bond acceptors (Lipinski definition) is 2. The van der Waals surface area contributed by atoms with Crippen LogP contribution in [0.2, 0.25) is 0 Å². The maximum Gasteiger partial charge on any atom is 0.104 e. The van der Waals surface area contributed by atoms with Crippen LogP contribution in [0, 0.1) is 11.8 Å². The Morgan fingerprint density at radius 1 is 1.25 bits per heavy atom. The van der Waals surface area contributed by atoms with E-state index in [9.17, 15) is 0 Å². The molecule has 0 bridgehead atoms. The van der Waals surface area contributed by atoms with Gasteiger partial charge in [-0.3, -0.25) is 4.90 Å². The van der Waals surface area contributed by atoms with Crippen LogP contribution in [-0.2, 0) is 6.54 Å². The molecule has 1 aromatic rings. The van der Waals surface area contributed by atoms with Crippen LogP contribution in [0.15, 0.2) is 24.3 Å². The van der Waals surface area contributed by atoms with Gasteiger partial charge in [0.1, 0.15) is 6.61 Å². The monoisotopic (exact) mass is 217 g/mol. The Morgan fingerprint density at radius 2 is 1.88 bits per heavy atom. The van der Waals surface area contributed by atoms with E-state index in [4.69, 9.17) is 5.11 Å². The first-order chi connectivity index (χ1) is 7.63. The van der Waals surface area contributed by atoms with Crippen molar-refractivity contribution < 1.29 is 5.11 Å². The van der Waals surface area contributed by atoms with Crippen LogP contribution >= 0.6 is 0 Å². The molecule has 0 spiro atoms. The first-order valence-corrected chi connectivity index (χ1v) is 5.52. The average molecular weight is 217 g/mol. The van der Waals surface area contributed by atoms with Crippen molar-refractivity contribution in [2.75, 3.05) is 13.7 Å². The molecule has 2 heteroatoms. The van der Waals surface area contributed by atoms with Crippen LogP contribution in [-0.4, -0.2) is 29.7 Å². The number of aliphatic hydroxyl groups is 1. The summed E-state index contributed by atoms with van der Waals surface area (Å²) in [5, 5.41) is 8.58. The molecule has 1 N–H and O–H groups in total. The molecule has 2 nitrogen and oxygen atoms in total. The molecule has 16 heavy (non-hydrogen) atoms. The summed E-state index contributed by atoms with van der Waals surface area (Å²) in [5.41, 5.74) is 2.23. The van der Waals surface area contributed by atoms with Gasteiger partial charge in [0.25, 0.3) is 0 Å². The van der Waals surface area contributed by atoms with E-state index in [1.807, 2.05) is 12.1 Å². The standard InChI is InChI=1S/C14H19NO/c1-12(2)15(3)11-14-8-6-13(7-9-14)5-4-10-16/h6-9,12,16H,10-11H2,1-3H3. The van der Waals surface area contributed by atoms with Gasteiger partial charge in [-0.25, -0.2) is 0 Å². The minimum absolute atomic E-state index is 0.0855. The molecule has 0 aromatic heterocycles. The number of rotatable bonds is 3. The van der Waals surface area contributed by atoms with Crippen LogP contribution in [0.4, 0.5) is 0 Å². The van der Waals surface area contributed by atoms with Crippen LogP contribution in [0.3, 0.4) is 0 Å². The summed E-state index contributed by atoms with van der Waals surface area (Å²) in [7, 11) is 2.12. The minimum Gasteiger partial charge on any atom is -0.384 e. The Kier molecular flexibility index (Phi) is 5.04. The fourth-order valence-electron chi connectivity index (χ4n) is 1.31. The first-order valence-electron chi connectivity index (χ1n) is 5.52. The van der Waals surface area contributed by atoms with Gasteiger partial charge in [-0.05, 0) is 38.6 Å². The zero-order chi connectivity index (χ0) is 12.0. The van der Waals surface area contributed by atoms with Crippen molar-refractivity contribution in [1.82, 2.24) is 4.90 Å². The van der Waals surface area contributed by atoms with Gasteiger partial charge in [-0.1, -0.05) is 24.0 Å². The summed E-state index contributed by atoms with van der Waals surface area (Å²) in [4.78, 5) is 2.29. The highest BCUT2D eigenvalue weighted by Gasteiger charge is 2.03. The zero-order valence-corrected chi connectivity index (χ0v) is 10.2. The zero-order valence-electron chi connectivity index (χ0n) is 10.2. The molecule has 0 fully saturated rings. The van der Waals surface area contributed by atoms with E-state index in [-0.39, 0.29) is 6.61 Å². The second-order valence-electron chi connectivity index (χ2n) is 4.17. The highest BCUT2D eigenvalue weighted by atomic mass is 16.2. The van der Waals surface area contributed by atoms with Gasteiger partial charge in [0.15, 0.2) is 0 Å². The van der Waals surface area contributed by atoms with Crippen molar-refractivity contribution in [2.45, 2.75) is 26.4 Å². The van der Waals surface area contributed by atoms with Crippen molar-refractivity contribution >= 4 is 0 Å². The van der Waals surface area contributed by atoms with E-state index >= 15 is 0 Å². The van der Waals surface area contributed by atoms with Gasteiger partial charge in [0.2, 0.25) is 0 Å². The summed E-state index contributed by atoms with van der Waals surface area (Å²) in [6.07, 6.45) is 0. The second-order valence-corrected chi connectivity index (χ2v) is 4.17. The van der Waals surface area contributed by atoms with Gasteiger partial charge in [0.05, 0.1) is 0 Å². The van der Waals surface area contributed by atoms with E-state index < -0.39 is 0 Å². The van der Waals surface area contributed by atoms with E-state index in [0.29, 0.717) is 6.04 Å². The third-order valence-corrected chi connectivity index (χ3v) is 2.58. The Bertz CT molecular complexity index is 370. The number of benzene rings is 1. The van der Waals surface area contributed by atoms with Crippen molar-refractivity contribution in [1.29, 1.82) is 0 Å². The molecule has 0 atom stereocenters. The Balaban J connectivity index is 2.64. The van der Waals surface area contributed by atoms with Crippen LogP contribution in [0.1, 0.15) is 25.0 Å². The molecule has 0 saturated carbocycles. The summed E-state index contributed by atoms with van der Waals surface area (Å²) >= 11 is 0. The van der Waals surface area contributed by atoms with Crippen LogP contribution in [0.5, 0.6) is 0 Å². The van der Waals surface area contributed by atoms with Gasteiger partial charge in [-0.15, -0.1) is 0 Å². The highest BCUT2D eigenvalue weighted by Crippen LogP contribution is 2.07. The fraction of sp³-hybridized carbons (Fsp3) is 0.429.